The molecule has 6 heteroatoms. The molecule has 0 saturated carbocycles. The van der Waals surface area contributed by atoms with E-state index in [1.165, 1.54) is 6.20 Å². The predicted molar refractivity (Wildman–Crippen MR) is 105 cm³/mol. The van der Waals surface area contributed by atoms with Gasteiger partial charge in [0.2, 0.25) is 0 Å². The van der Waals surface area contributed by atoms with Crippen LogP contribution in [0.4, 0.5) is 5.69 Å². The van der Waals surface area contributed by atoms with Gasteiger partial charge in [-0.25, -0.2) is 0 Å². The smallest absolute Gasteiger partial charge is 0.281 e. The minimum Gasteiger partial charge on any atom is -0.281 e. The van der Waals surface area contributed by atoms with E-state index in [9.17, 15) is 10.0 Å². The van der Waals surface area contributed by atoms with Crippen LogP contribution < -0.4 is 5.06 Å². The maximum Gasteiger partial charge on any atom is 0.283 e. The maximum atomic E-state index is 12.5. The zero-order valence-electron chi connectivity index (χ0n) is 14.1. The van der Waals surface area contributed by atoms with Crippen molar-refractivity contribution in [2.45, 2.75) is 0 Å². The topological polar surface area (TPSA) is 66.3 Å². The van der Waals surface area contributed by atoms with Crippen LogP contribution in [0.5, 0.6) is 0 Å². The summed E-state index contributed by atoms with van der Waals surface area (Å²) in [6.07, 6.45) is 4.99. The van der Waals surface area contributed by atoms with Gasteiger partial charge in [-0.3, -0.25) is 20.0 Å². The Morgan fingerprint density at radius 2 is 1.78 bits per heavy atom. The summed E-state index contributed by atoms with van der Waals surface area (Å²) in [7, 11) is 0. The fourth-order valence-corrected chi connectivity index (χ4v) is 2.97. The third-order valence-corrected chi connectivity index (χ3v) is 4.48. The van der Waals surface area contributed by atoms with Gasteiger partial charge in [0.05, 0.1) is 16.9 Å². The molecule has 0 aliphatic rings. The molecule has 0 spiro atoms. The third kappa shape index (κ3) is 3.38. The number of hydrogen-bond acceptors (Lipinski definition) is 4. The predicted octanol–water partition coefficient (Wildman–Crippen LogP) is 4.99. The molecule has 0 unspecified atom stereocenters. The first kappa shape index (κ1) is 17.1. The fourth-order valence-electron chi connectivity index (χ4n) is 2.85. The molecule has 5 nitrogen and oxygen atoms in total. The second-order valence-corrected chi connectivity index (χ2v) is 6.36. The Morgan fingerprint density at radius 1 is 0.963 bits per heavy atom. The van der Waals surface area contributed by atoms with Gasteiger partial charge in [0.15, 0.2) is 0 Å². The molecule has 0 radical (unpaired) electrons. The lowest BCUT2D eigenvalue weighted by Gasteiger charge is -2.15. The number of pyridine rings is 2. The van der Waals surface area contributed by atoms with E-state index < -0.39 is 5.91 Å². The Morgan fingerprint density at radius 3 is 2.52 bits per heavy atom. The zero-order valence-corrected chi connectivity index (χ0v) is 14.8. The number of benzene rings is 2. The lowest BCUT2D eigenvalue weighted by Crippen LogP contribution is -2.27. The van der Waals surface area contributed by atoms with Crippen molar-refractivity contribution in [1.29, 1.82) is 0 Å². The molecule has 2 heterocycles. The molecule has 0 fully saturated rings. The number of halogens is 1. The molecule has 0 aliphatic carbocycles. The molecule has 0 aliphatic heterocycles. The second-order valence-electron chi connectivity index (χ2n) is 5.93. The van der Waals surface area contributed by atoms with E-state index in [1.54, 1.807) is 48.8 Å². The Bertz CT molecular complexity index is 1110. The first-order valence-electron chi connectivity index (χ1n) is 8.21. The summed E-state index contributed by atoms with van der Waals surface area (Å²) in [5, 5.41) is 13.3. The lowest BCUT2D eigenvalue weighted by atomic mass is 10.0. The molecule has 2 aromatic carbocycles. The molecular formula is C21H14ClN3O2. The van der Waals surface area contributed by atoms with Gasteiger partial charge in [0.1, 0.15) is 0 Å². The van der Waals surface area contributed by atoms with Crippen molar-refractivity contribution < 1.29 is 10.0 Å². The first-order valence-corrected chi connectivity index (χ1v) is 8.59. The van der Waals surface area contributed by atoms with Gasteiger partial charge in [-0.2, -0.15) is 5.06 Å². The zero-order chi connectivity index (χ0) is 18.8. The summed E-state index contributed by atoms with van der Waals surface area (Å²) in [5.41, 5.74) is 2.29. The van der Waals surface area contributed by atoms with Gasteiger partial charge in [-0.05, 0) is 47.9 Å². The van der Waals surface area contributed by atoms with Crippen LogP contribution in [0.2, 0.25) is 5.02 Å². The molecule has 0 bridgehead atoms. The number of hydrogen-bond donors (Lipinski definition) is 1. The van der Waals surface area contributed by atoms with Gasteiger partial charge >= 0.3 is 0 Å². The van der Waals surface area contributed by atoms with Crippen LogP contribution in [0.3, 0.4) is 0 Å². The standard InChI is InChI=1S/C21H14ClN3O2/c22-16-5-7-17(8-6-16)25(27)21(26)15-4-9-20(24-13-15)19-3-1-2-14-12-23-11-10-18(14)19/h1-13,27H. The second kappa shape index (κ2) is 7.15. The van der Waals surface area contributed by atoms with Crippen LogP contribution in [-0.4, -0.2) is 21.1 Å². The van der Waals surface area contributed by atoms with Crippen molar-refractivity contribution >= 4 is 34.0 Å². The fraction of sp³-hybridized carbons (Fsp3) is 0. The van der Waals surface area contributed by atoms with Crippen LogP contribution in [0.1, 0.15) is 10.4 Å². The Hall–Kier alpha value is -3.28. The van der Waals surface area contributed by atoms with E-state index in [2.05, 4.69) is 9.97 Å². The number of carbonyl (C=O) groups excluding carboxylic acids is 1. The summed E-state index contributed by atoms with van der Waals surface area (Å²) in [6.45, 7) is 0. The largest absolute Gasteiger partial charge is 0.283 e. The highest BCUT2D eigenvalue weighted by molar-refractivity contribution is 6.30. The maximum absolute atomic E-state index is 12.5. The van der Waals surface area contributed by atoms with Crippen molar-refractivity contribution in [1.82, 2.24) is 9.97 Å². The summed E-state index contributed by atoms with van der Waals surface area (Å²) >= 11 is 5.83. The highest BCUT2D eigenvalue weighted by Crippen LogP contribution is 2.27. The molecule has 27 heavy (non-hydrogen) atoms. The summed E-state index contributed by atoms with van der Waals surface area (Å²) in [5.74, 6) is -0.571. The van der Waals surface area contributed by atoms with Crippen molar-refractivity contribution in [2.75, 3.05) is 5.06 Å². The van der Waals surface area contributed by atoms with Crippen molar-refractivity contribution in [3.63, 3.8) is 0 Å². The van der Waals surface area contributed by atoms with Gasteiger partial charge in [0.25, 0.3) is 5.91 Å². The van der Waals surface area contributed by atoms with Crippen LogP contribution >= 0.6 is 11.6 Å². The molecule has 2 aromatic heterocycles. The normalized spacial score (nSPS) is 10.7. The van der Waals surface area contributed by atoms with E-state index in [0.717, 1.165) is 22.0 Å². The van der Waals surface area contributed by atoms with E-state index in [-0.39, 0.29) is 5.56 Å². The molecular weight excluding hydrogens is 362 g/mol. The average Bonchev–Trinajstić information content (AvgIpc) is 2.73. The minimum absolute atomic E-state index is 0.276. The number of anilines is 1. The number of nitrogens with zero attached hydrogens (tertiary/aromatic N) is 3. The van der Waals surface area contributed by atoms with Crippen LogP contribution in [0.15, 0.2) is 79.3 Å². The van der Waals surface area contributed by atoms with Gasteiger partial charge in [-0.15, -0.1) is 0 Å². The van der Waals surface area contributed by atoms with Crippen molar-refractivity contribution in [3.8, 4) is 11.3 Å². The minimum atomic E-state index is -0.571. The SMILES string of the molecule is O=C(c1ccc(-c2cccc3cnccc23)nc1)N(O)c1ccc(Cl)cc1. The number of carbonyl (C=O) groups is 1. The van der Waals surface area contributed by atoms with E-state index in [4.69, 9.17) is 11.6 Å². The average molecular weight is 376 g/mol. The number of rotatable bonds is 3. The quantitative estimate of drug-likeness (QED) is 0.405. The Kier molecular flexibility index (Phi) is 4.54. The summed E-state index contributed by atoms with van der Waals surface area (Å²) < 4.78 is 0. The van der Waals surface area contributed by atoms with Crippen LogP contribution in [-0.2, 0) is 0 Å². The highest BCUT2D eigenvalue weighted by atomic mass is 35.5. The van der Waals surface area contributed by atoms with Crippen LogP contribution in [0.25, 0.3) is 22.0 Å². The number of amides is 1. The first-order chi connectivity index (χ1) is 13.1. The summed E-state index contributed by atoms with van der Waals surface area (Å²) in [4.78, 5) is 21.0. The number of hydroxylamine groups is 1. The van der Waals surface area contributed by atoms with Gasteiger partial charge < -0.3 is 0 Å². The monoisotopic (exact) mass is 375 g/mol. The summed E-state index contributed by atoms with van der Waals surface area (Å²) in [6, 6.07) is 17.6. The lowest BCUT2D eigenvalue weighted by molar-refractivity contribution is 0.0854. The molecule has 0 saturated heterocycles. The Balaban J connectivity index is 1.63. The van der Waals surface area contributed by atoms with Crippen LogP contribution in [0, 0.1) is 0 Å². The molecule has 0 atom stereocenters. The molecule has 1 amide bonds. The van der Waals surface area contributed by atoms with E-state index in [1.807, 2.05) is 24.3 Å². The van der Waals surface area contributed by atoms with Gasteiger partial charge in [0, 0.05) is 34.6 Å². The van der Waals surface area contributed by atoms with Crippen molar-refractivity contribution in [3.05, 3.63) is 89.8 Å². The highest BCUT2D eigenvalue weighted by Gasteiger charge is 2.16. The molecule has 4 rings (SSSR count). The van der Waals surface area contributed by atoms with Crippen molar-refractivity contribution in [2.24, 2.45) is 0 Å². The van der Waals surface area contributed by atoms with Gasteiger partial charge in [-0.1, -0.05) is 29.8 Å². The molecule has 1 N–H and O–H groups in total. The molecule has 4 aromatic rings. The van der Waals surface area contributed by atoms with E-state index in [0.29, 0.717) is 15.8 Å². The third-order valence-electron chi connectivity index (χ3n) is 4.23. The number of fused-ring (bicyclic) bond motifs is 1. The molecule has 132 valence electrons. The number of aromatic nitrogens is 2. The Labute approximate surface area is 160 Å². The van der Waals surface area contributed by atoms with E-state index >= 15 is 0 Å².